The average Bonchev–Trinajstić information content (AvgIpc) is 2.47. The lowest BCUT2D eigenvalue weighted by Gasteiger charge is -2.38. The Kier molecular flexibility index (Phi) is 6.94. The maximum Gasteiger partial charge on any atom is 0.172 e. The van der Waals surface area contributed by atoms with Gasteiger partial charge in [0.2, 0.25) is 0 Å². The zero-order valence-electron chi connectivity index (χ0n) is 12.8. The van der Waals surface area contributed by atoms with E-state index in [2.05, 4.69) is 16.7 Å². The monoisotopic (exact) mass is 302 g/mol. The molecule has 2 aliphatic heterocycles. The summed E-state index contributed by atoms with van der Waals surface area (Å²) in [6.07, 6.45) is 8.76. The fourth-order valence-corrected chi connectivity index (χ4v) is 4.40. The van der Waals surface area contributed by atoms with Gasteiger partial charge in [0, 0.05) is 6.54 Å². The Bertz CT molecular complexity index is 300. The Balaban J connectivity index is 1.81. The topological polar surface area (TPSA) is 43.8 Å². The first-order chi connectivity index (χ1) is 9.70. The van der Waals surface area contributed by atoms with E-state index in [1.165, 1.54) is 44.9 Å². The molecule has 0 saturated carbocycles. The van der Waals surface area contributed by atoms with Crippen LogP contribution < -0.4 is 0 Å². The van der Waals surface area contributed by atoms with E-state index >= 15 is 0 Å². The highest BCUT2D eigenvalue weighted by atomic mass is 32.2. The first kappa shape index (κ1) is 16.4. The van der Waals surface area contributed by atoms with E-state index in [-0.39, 0.29) is 5.37 Å². The van der Waals surface area contributed by atoms with Crippen molar-refractivity contribution in [2.24, 2.45) is 5.92 Å². The van der Waals surface area contributed by atoms with Gasteiger partial charge >= 0.3 is 0 Å². The third-order valence-electron chi connectivity index (χ3n) is 4.85. The molecule has 0 aromatic heterocycles. The molecule has 0 aliphatic carbocycles. The summed E-state index contributed by atoms with van der Waals surface area (Å²) in [4.78, 5) is 4.64. The molecule has 0 amide bonds. The van der Waals surface area contributed by atoms with Crippen LogP contribution in [0.1, 0.15) is 51.9 Å². The number of piperidine rings is 2. The van der Waals surface area contributed by atoms with Crippen LogP contribution in [0, 0.1) is 5.92 Å². The summed E-state index contributed by atoms with van der Waals surface area (Å²) in [7, 11) is 0. The van der Waals surface area contributed by atoms with Crippen molar-refractivity contribution in [1.29, 1.82) is 0 Å². The number of likely N-dealkylation sites (tertiary alicyclic amines) is 2. The molecule has 2 saturated heterocycles. The van der Waals surface area contributed by atoms with Gasteiger partial charge in [0.15, 0.2) is 11.1 Å². The highest BCUT2D eigenvalue weighted by Crippen LogP contribution is 2.23. The predicted molar refractivity (Wildman–Crippen MR) is 84.1 cm³/mol. The van der Waals surface area contributed by atoms with Crippen LogP contribution in [0.3, 0.4) is 0 Å². The van der Waals surface area contributed by atoms with Crippen LogP contribution in [-0.4, -0.2) is 56.7 Å². The smallest absolute Gasteiger partial charge is 0.172 e. The Hall–Kier alpha value is 0.0300. The zero-order chi connectivity index (χ0) is 14.4. The molecule has 0 aromatic rings. The summed E-state index contributed by atoms with van der Waals surface area (Å²) in [6.45, 7) is 7.21. The highest BCUT2D eigenvalue weighted by Gasteiger charge is 2.29. The van der Waals surface area contributed by atoms with Gasteiger partial charge in [-0.1, -0.05) is 26.2 Å². The maximum atomic E-state index is 11.7. The SMILES string of the molecule is CCCC1CCN(CC(N2CCCCC2)S(=O)O)CC1. The second-order valence-corrected chi connectivity index (χ2v) is 7.46. The third-order valence-corrected chi connectivity index (χ3v) is 5.76. The number of nitrogens with zero attached hydrogens (tertiary/aromatic N) is 2. The third kappa shape index (κ3) is 4.79. The van der Waals surface area contributed by atoms with Crippen molar-refractivity contribution < 1.29 is 8.76 Å². The Morgan fingerprint density at radius 2 is 1.80 bits per heavy atom. The van der Waals surface area contributed by atoms with Crippen molar-refractivity contribution >= 4 is 11.1 Å². The fraction of sp³-hybridized carbons (Fsp3) is 1.00. The van der Waals surface area contributed by atoms with Crippen LogP contribution in [0.5, 0.6) is 0 Å². The molecule has 2 rings (SSSR count). The van der Waals surface area contributed by atoms with Gasteiger partial charge in [0.25, 0.3) is 0 Å². The first-order valence-electron chi connectivity index (χ1n) is 8.26. The van der Waals surface area contributed by atoms with Gasteiger partial charge in [0.1, 0.15) is 5.37 Å². The minimum atomic E-state index is -1.73. The van der Waals surface area contributed by atoms with E-state index in [1.54, 1.807) is 0 Å². The van der Waals surface area contributed by atoms with Gasteiger partial charge in [-0.3, -0.25) is 4.90 Å². The number of rotatable bonds is 6. The molecule has 1 N–H and O–H groups in total. The maximum absolute atomic E-state index is 11.7. The summed E-state index contributed by atoms with van der Waals surface area (Å²) >= 11 is -1.73. The van der Waals surface area contributed by atoms with Crippen LogP contribution >= 0.6 is 0 Å². The first-order valence-corrected chi connectivity index (χ1v) is 9.43. The van der Waals surface area contributed by atoms with Crippen LogP contribution in [0.4, 0.5) is 0 Å². The molecule has 4 nitrogen and oxygen atoms in total. The lowest BCUT2D eigenvalue weighted by molar-refractivity contribution is 0.126. The average molecular weight is 302 g/mol. The van der Waals surface area contributed by atoms with Gasteiger partial charge in [-0.05, 0) is 57.8 Å². The van der Waals surface area contributed by atoms with E-state index in [9.17, 15) is 8.76 Å². The van der Waals surface area contributed by atoms with Crippen LogP contribution in [0.15, 0.2) is 0 Å². The summed E-state index contributed by atoms with van der Waals surface area (Å²) in [5.74, 6) is 0.879. The Morgan fingerprint density at radius 1 is 1.15 bits per heavy atom. The molecule has 118 valence electrons. The van der Waals surface area contributed by atoms with Gasteiger partial charge in [-0.25, -0.2) is 4.21 Å². The molecule has 0 radical (unpaired) electrons. The fourth-order valence-electron chi connectivity index (χ4n) is 3.60. The van der Waals surface area contributed by atoms with Crippen LogP contribution in [0.25, 0.3) is 0 Å². The van der Waals surface area contributed by atoms with Crippen molar-refractivity contribution in [3.05, 3.63) is 0 Å². The largest absolute Gasteiger partial charge is 0.305 e. The molecule has 0 aromatic carbocycles. The second-order valence-electron chi connectivity index (χ2n) is 6.36. The van der Waals surface area contributed by atoms with Crippen LogP contribution in [0.2, 0.25) is 0 Å². The normalized spacial score (nSPS) is 26.5. The molecule has 2 atom stereocenters. The number of hydrogen-bond donors (Lipinski definition) is 1. The summed E-state index contributed by atoms with van der Waals surface area (Å²) in [5.41, 5.74) is 0. The standard InChI is InChI=1S/C15H30N2O2S/c1-2-6-14-7-11-16(12-8-14)13-15(20(18)19)17-9-4-3-5-10-17/h14-15H,2-13H2,1H3,(H,18,19). The molecular formula is C15H30N2O2S. The molecule has 0 bridgehead atoms. The predicted octanol–water partition coefficient (Wildman–Crippen LogP) is 2.53. The lowest BCUT2D eigenvalue weighted by Crippen LogP contribution is -2.49. The van der Waals surface area contributed by atoms with Crippen LogP contribution in [-0.2, 0) is 11.1 Å². The van der Waals surface area contributed by atoms with E-state index in [0.29, 0.717) is 0 Å². The molecular weight excluding hydrogens is 272 g/mol. The van der Waals surface area contributed by atoms with Crippen molar-refractivity contribution in [2.75, 3.05) is 32.7 Å². The minimum Gasteiger partial charge on any atom is -0.305 e. The van der Waals surface area contributed by atoms with E-state index < -0.39 is 11.1 Å². The molecule has 2 heterocycles. The zero-order valence-corrected chi connectivity index (χ0v) is 13.6. The second kappa shape index (κ2) is 8.47. The van der Waals surface area contributed by atoms with Crippen molar-refractivity contribution in [3.8, 4) is 0 Å². The lowest BCUT2D eigenvalue weighted by atomic mass is 9.92. The number of hydrogen-bond acceptors (Lipinski definition) is 3. The quantitative estimate of drug-likeness (QED) is 0.766. The Labute approximate surface area is 126 Å². The molecule has 2 aliphatic rings. The van der Waals surface area contributed by atoms with Gasteiger partial charge in [-0.15, -0.1) is 0 Å². The van der Waals surface area contributed by atoms with E-state index in [1.807, 2.05) is 0 Å². The molecule has 2 fully saturated rings. The minimum absolute atomic E-state index is 0.182. The van der Waals surface area contributed by atoms with Crippen molar-refractivity contribution in [3.63, 3.8) is 0 Å². The summed E-state index contributed by atoms with van der Waals surface area (Å²) in [6, 6.07) is 0. The van der Waals surface area contributed by atoms with E-state index in [0.717, 1.165) is 38.6 Å². The molecule has 0 spiro atoms. The van der Waals surface area contributed by atoms with Gasteiger partial charge in [-0.2, -0.15) is 0 Å². The van der Waals surface area contributed by atoms with E-state index in [4.69, 9.17) is 0 Å². The van der Waals surface area contributed by atoms with Gasteiger partial charge in [0.05, 0.1) is 0 Å². The van der Waals surface area contributed by atoms with Crippen molar-refractivity contribution in [1.82, 2.24) is 9.80 Å². The summed E-state index contributed by atoms with van der Waals surface area (Å²) < 4.78 is 21.3. The molecule has 20 heavy (non-hydrogen) atoms. The molecule has 5 heteroatoms. The van der Waals surface area contributed by atoms with Crippen molar-refractivity contribution in [2.45, 2.75) is 57.2 Å². The highest BCUT2D eigenvalue weighted by molar-refractivity contribution is 7.79. The van der Waals surface area contributed by atoms with Gasteiger partial charge < -0.3 is 9.45 Å². The summed E-state index contributed by atoms with van der Waals surface area (Å²) in [5, 5.41) is -0.182. The Morgan fingerprint density at radius 3 is 2.35 bits per heavy atom. The molecule has 2 unspecified atom stereocenters.